The molecule has 1 amide bonds. The van der Waals surface area contributed by atoms with Gasteiger partial charge in [0.25, 0.3) is 5.91 Å². The Bertz CT molecular complexity index is 814. The van der Waals surface area contributed by atoms with Gasteiger partial charge in [0.05, 0.1) is 21.3 Å². The predicted molar refractivity (Wildman–Crippen MR) is 110 cm³/mol. The van der Waals surface area contributed by atoms with E-state index in [1.54, 1.807) is 18.5 Å². The highest BCUT2D eigenvalue weighted by Crippen LogP contribution is 2.38. The van der Waals surface area contributed by atoms with Gasteiger partial charge in [0, 0.05) is 37.8 Å². The summed E-state index contributed by atoms with van der Waals surface area (Å²) >= 11 is 0. The molecule has 0 radical (unpaired) electrons. The van der Waals surface area contributed by atoms with Gasteiger partial charge in [-0.3, -0.25) is 4.79 Å². The van der Waals surface area contributed by atoms with Crippen LogP contribution in [0.25, 0.3) is 0 Å². The molecule has 0 spiro atoms. The first-order chi connectivity index (χ1) is 14.2. The minimum atomic E-state index is -0.230. The van der Waals surface area contributed by atoms with E-state index in [1.165, 1.54) is 34.2 Å². The third-order valence-electron chi connectivity index (χ3n) is 4.73. The van der Waals surface area contributed by atoms with Crippen molar-refractivity contribution in [3.05, 3.63) is 30.1 Å². The van der Waals surface area contributed by atoms with Crippen LogP contribution in [0.2, 0.25) is 0 Å². The molecule has 9 heteroatoms. The Morgan fingerprint density at radius 1 is 1.00 bits per heavy atom. The standard InChI is InChI=1S/C20H27N5O4/c1-27-15-10-14(11-16(28-2)19(15)29-3)20(26)22-7-6-21-17-12-18(24-13-23-17)25-8-4-5-9-25/h10-13H,4-9H2,1-3H3,(H,22,26)(H,21,23,24). The van der Waals surface area contributed by atoms with E-state index in [0.717, 1.165) is 24.7 Å². The van der Waals surface area contributed by atoms with Crippen LogP contribution in [0.15, 0.2) is 24.5 Å². The average Bonchev–Trinajstić information content (AvgIpc) is 3.30. The van der Waals surface area contributed by atoms with E-state index in [9.17, 15) is 4.79 Å². The number of nitrogens with zero attached hydrogens (tertiary/aromatic N) is 3. The van der Waals surface area contributed by atoms with Crippen LogP contribution >= 0.6 is 0 Å². The Labute approximate surface area is 170 Å². The molecule has 0 aliphatic carbocycles. The van der Waals surface area contributed by atoms with E-state index in [0.29, 0.717) is 35.9 Å². The summed E-state index contributed by atoms with van der Waals surface area (Å²) in [6, 6.07) is 5.18. The maximum atomic E-state index is 12.5. The van der Waals surface area contributed by atoms with E-state index >= 15 is 0 Å². The van der Waals surface area contributed by atoms with Crippen LogP contribution in [0.1, 0.15) is 23.2 Å². The van der Waals surface area contributed by atoms with Gasteiger partial charge in [-0.25, -0.2) is 9.97 Å². The summed E-state index contributed by atoms with van der Waals surface area (Å²) in [4.78, 5) is 23.3. The van der Waals surface area contributed by atoms with Crippen LogP contribution in [-0.4, -0.2) is 63.4 Å². The topological polar surface area (TPSA) is 97.8 Å². The molecule has 1 aliphatic rings. The number of hydrogen-bond donors (Lipinski definition) is 2. The molecule has 0 unspecified atom stereocenters. The molecule has 156 valence electrons. The van der Waals surface area contributed by atoms with Gasteiger partial charge in [-0.2, -0.15) is 0 Å². The number of benzene rings is 1. The van der Waals surface area contributed by atoms with E-state index in [-0.39, 0.29) is 5.91 Å². The first-order valence-corrected chi connectivity index (χ1v) is 9.55. The molecule has 1 saturated heterocycles. The van der Waals surface area contributed by atoms with E-state index in [1.807, 2.05) is 6.07 Å². The molecule has 2 aromatic rings. The summed E-state index contributed by atoms with van der Waals surface area (Å²) in [5.74, 6) is 2.76. The molecular formula is C20H27N5O4. The number of ether oxygens (including phenoxy) is 3. The van der Waals surface area contributed by atoms with Gasteiger partial charge in [-0.1, -0.05) is 0 Å². The molecule has 9 nitrogen and oxygen atoms in total. The monoisotopic (exact) mass is 401 g/mol. The van der Waals surface area contributed by atoms with Crippen LogP contribution in [0.3, 0.4) is 0 Å². The fraction of sp³-hybridized carbons (Fsp3) is 0.450. The highest BCUT2D eigenvalue weighted by Gasteiger charge is 2.17. The summed E-state index contributed by atoms with van der Waals surface area (Å²) in [6.07, 6.45) is 3.95. The quantitative estimate of drug-likeness (QED) is 0.616. The van der Waals surface area contributed by atoms with E-state index < -0.39 is 0 Å². The zero-order valence-corrected chi connectivity index (χ0v) is 17.0. The zero-order chi connectivity index (χ0) is 20.6. The van der Waals surface area contributed by atoms with Crippen molar-refractivity contribution in [1.82, 2.24) is 15.3 Å². The first-order valence-electron chi connectivity index (χ1n) is 9.55. The van der Waals surface area contributed by atoms with Crippen molar-refractivity contribution >= 4 is 17.5 Å². The third-order valence-corrected chi connectivity index (χ3v) is 4.73. The lowest BCUT2D eigenvalue weighted by Crippen LogP contribution is -2.29. The number of carbonyl (C=O) groups is 1. The van der Waals surface area contributed by atoms with Gasteiger partial charge < -0.3 is 29.7 Å². The molecular weight excluding hydrogens is 374 g/mol. The summed E-state index contributed by atoms with van der Waals surface area (Å²) < 4.78 is 15.9. The van der Waals surface area contributed by atoms with Crippen molar-refractivity contribution in [2.75, 3.05) is 57.7 Å². The lowest BCUT2D eigenvalue weighted by molar-refractivity contribution is 0.0954. The Kier molecular flexibility index (Phi) is 6.94. The molecule has 2 N–H and O–H groups in total. The number of hydrogen-bond acceptors (Lipinski definition) is 8. The second kappa shape index (κ2) is 9.81. The van der Waals surface area contributed by atoms with E-state index in [2.05, 4.69) is 25.5 Å². The summed E-state index contributed by atoms with van der Waals surface area (Å²) in [5.41, 5.74) is 0.429. The van der Waals surface area contributed by atoms with Gasteiger partial charge >= 0.3 is 0 Å². The Balaban J connectivity index is 1.54. The highest BCUT2D eigenvalue weighted by atomic mass is 16.5. The summed E-state index contributed by atoms with van der Waals surface area (Å²) in [6.45, 7) is 3.02. The SMILES string of the molecule is COc1cc(C(=O)NCCNc2cc(N3CCCC3)ncn2)cc(OC)c1OC. The second-order valence-electron chi connectivity index (χ2n) is 6.55. The number of methoxy groups -OCH3 is 3. The van der Waals surface area contributed by atoms with Crippen molar-refractivity contribution in [3.63, 3.8) is 0 Å². The number of anilines is 2. The maximum Gasteiger partial charge on any atom is 0.251 e. The van der Waals surface area contributed by atoms with Crippen LogP contribution in [-0.2, 0) is 0 Å². The van der Waals surface area contributed by atoms with E-state index in [4.69, 9.17) is 14.2 Å². The lowest BCUT2D eigenvalue weighted by Gasteiger charge is -2.16. The molecule has 1 aliphatic heterocycles. The fourth-order valence-corrected chi connectivity index (χ4v) is 3.24. The van der Waals surface area contributed by atoms with Crippen molar-refractivity contribution < 1.29 is 19.0 Å². The van der Waals surface area contributed by atoms with Crippen LogP contribution in [0.4, 0.5) is 11.6 Å². The fourth-order valence-electron chi connectivity index (χ4n) is 3.24. The number of carbonyl (C=O) groups excluding carboxylic acids is 1. The smallest absolute Gasteiger partial charge is 0.251 e. The average molecular weight is 401 g/mol. The minimum Gasteiger partial charge on any atom is -0.493 e. The van der Waals surface area contributed by atoms with Crippen molar-refractivity contribution in [3.8, 4) is 17.2 Å². The molecule has 2 heterocycles. The van der Waals surface area contributed by atoms with Gasteiger partial charge in [-0.05, 0) is 25.0 Å². The van der Waals surface area contributed by atoms with Gasteiger partial charge in [-0.15, -0.1) is 0 Å². The molecule has 0 saturated carbocycles. The van der Waals surface area contributed by atoms with Gasteiger partial charge in [0.2, 0.25) is 5.75 Å². The second-order valence-corrected chi connectivity index (χ2v) is 6.55. The third kappa shape index (κ3) is 4.98. The molecule has 0 atom stereocenters. The lowest BCUT2D eigenvalue weighted by atomic mass is 10.1. The molecule has 3 rings (SSSR count). The number of amides is 1. The van der Waals surface area contributed by atoms with Crippen molar-refractivity contribution in [2.45, 2.75) is 12.8 Å². The predicted octanol–water partition coefficient (Wildman–Crippen LogP) is 1.94. The van der Waals surface area contributed by atoms with Crippen LogP contribution < -0.4 is 29.7 Å². The first kappa shape index (κ1) is 20.5. The largest absolute Gasteiger partial charge is 0.493 e. The molecule has 1 fully saturated rings. The Hall–Kier alpha value is -3.23. The normalized spacial score (nSPS) is 13.1. The molecule has 0 bridgehead atoms. The molecule has 1 aromatic carbocycles. The van der Waals surface area contributed by atoms with Gasteiger partial charge in [0.15, 0.2) is 11.5 Å². The number of rotatable bonds is 9. The highest BCUT2D eigenvalue weighted by molar-refractivity contribution is 5.95. The molecule has 29 heavy (non-hydrogen) atoms. The minimum absolute atomic E-state index is 0.230. The summed E-state index contributed by atoms with van der Waals surface area (Å²) in [7, 11) is 4.55. The number of aromatic nitrogens is 2. The maximum absolute atomic E-state index is 12.5. The van der Waals surface area contributed by atoms with Crippen molar-refractivity contribution in [1.29, 1.82) is 0 Å². The Morgan fingerprint density at radius 2 is 1.69 bits per heavy atom. The van der Waals surface area contributed by atoms with Crippen molar-refractivity contribution in [2.24, 2.45) is 0 Å². The zero-order valence-electron chi connectivity index (χ0n) is 17.0. The van der Waals surface area contributed by atoms with Crippen LogP contribution in [0, 0.1) is 0 Å². The van der Waals surface area contributed by atoms with Gasteiger partial charge in [0.1, 0.15) is 18.0 Å². The molecule has 1 aromatic heterocycles. The summed E-state index contributed by atoms with van der Waals surface area (Å²) in [5, 5.41) is 6.09. The Morgan fingerprint density at radius 3 is 2.31 bits per heavy atom. The van der Waals surface area contributed by atoms with Crippen LogP contribution in [0.5, 0.6) is 17.2 Å². The number of nitrogens with one attached hydrogen (secondary N) is 2.